The third kappa shape index (κ3) is 4.05. The minimum absolute atomic E-state index is 0.115. The van der Waals surface area contributed by atoms with Gasteiger partial charge in [-0.05, 0) is 26.0 Å². The largest absolute Gasteiger partial charge is 0.411 e. The molecule has 0 radical (unpaired) electrons. The summed E-state index contributed by atoms with van der Waals surface area (Å²) in [6.07, 6.45) is 0. The first-order valence-corrected chi connectivity index (χ1v) is 8.56. The van der Waals surface area contributed by atoms with Crippen molar-refractivity contribution in [3.63, 3.8) is 0 Å². The van der Waals surface area contributed by atoms with E-state index in [1.54, 1.807) is 4.90 Å². The van der Waals surface area contributed by atoms with Crippen LogP contribution in [0.5, 0.6) is 0 Å². The third-order valence-corrected chi connectivity index (χ3v) is 4.34. The van der Waals surface area contributed by atoms with Gasteiger partial charge in [0.2, 0.25) is 17.8 Å². The summed E-state index contributed by atoms with van der Waals surface area (Å²) in [4.78, 5) is 14.5. The van der Waals surface area contributed by atoms with E-state index < -0.39 is 0 Å². The molecule has 0 aliphatic rings. The summed E-state index contributed by atoms with van der Waals surface area (Å²) in [6.45, 7) is 3.98. The van der Waals surface area contributed by atoms with Crippen molar-refractivity contribution in [3.8, 4) is 11.5 Å². The van der Waals surface area contributed by atoms with Crippen LogP contribution in [0.15, 0.2) is 33.9 Å². The van der Waals surface area contributed by atoms with Gasteiger partial charge in [0.1, 0.15) is 5.82 Å². The van der Waals surface area contributed by atoms with Crippen LogP contribution in [0.4, 0.5) is 11.9 Å². The summed E-state index contributed by atoms with van der Waals surface area (Å²) < 4.78 is 5.74. The molecule has 25 heavy (non-hydrogen) atoms. The Labute approximate surface area is 149 Å². The molecule has 0 saturated heterocycles. The maximum Gasteiger partial charge on any atom is 0.277 e. The average Bonchev–Trinajstić information content (AvgIpc) is 3.03. The van der Waals surface area contributed by atoms with E-state index >= 15 is 0 Å². The van der Waals surface area contributed by atoms with E-state index in [0.717, 1.165) is 5.56 Å². The van der Waals surface area contributed by atoms with E-state index in [2.05, 4.69) is 25.1 Å². The Morgan fingerprint density at radius 2 is 1.80 bits per heavy atom. The molecule has 0 aliphatic carbocycles. The fourth-order valence-electron chi connectivity index (χ4n) is 2.05. The van der Waals surface area contributed by atoms with E-state index in [1.807, 2.05) is 52.2 Å². The van der Waals surface area contributed by atoms with Gasteiger partial charge >= 0.3 is 0 Å². The zero-order valence-electron chi connectivity index (χ0n) is 14.5. The number of rotatable bonds is 5. The Morgan fingerprint density at radius 1 is 1.08 bits per heavy atom. The molecule has 1 aromatic carbocycles. The molecule has 0 spiro atoms. The molecule has 130 valence electrons. The smallest absolute Gasteiger partial charge is 0.277 e. The second-order valence-electron chi connectivity index (χ2n) is 5.75. The Hall–Kier alpha value is -2.68. The fourth-order valence-corrected chi connectivity index (χ4v) is 2.78. The van der Waals surface area contributed by atoms with Crippen LogP contribution in [0.3, 0.4) is 0 Å². The number of aromatic nitrogens is 5. The van der Waals surface area contributed by atoms with Crippen molar-refractivity contribution in [1.82, 2.24) is 25.1 Å². The van der Waals surface area contributed by atoms with Gasteiger partial charge in [-0.25, -0.2) is 0 Å². The van der Waals surface area contributed by atoms with Crippen molar-refractivity contribution in [2.75, 3.05) is 24.7 Å². The van der Waals surface area contributed by atoms with E-state index in [4.69, 9.17) is 10.2 Å². The molecule has 0 fully saturated rings. The Balaban J connectivity index is 1.77. The van der Waals surface area contributed by atoms with Crippen LogP contribution < -0.4 is 10.6 Å². The lowest BCUT2D eigenvalue weighted by Gasteiger charge is -2.13. The molecule has 9 heteroatoms. The third-order valence-electron chi connectivity index (χ3n) is 3.40. The first kappa shape index (κ1) is 17.2. The zero-order valence-corrected chi connectivity index (χ0v) is 15.3. The minimum Gasteiger partial charge on any atom is -0.411 e. The predicted molar refractivity (Wildman–Crippen MR) is 97.3 cm³/mol. The van der Waals surface area contributed by atoms with Gasteiger partial charge in [0.15, 0.2) is 0 Å². The van der Waals surface area contributed by atoms with Crippen molar-refractivity contribution in [1.29, 1.82) is 0 Å². The molecule has 1 unspecified atom stereocenters. The fraction of sp³-hybridized carbons (Fsp3) is 0.312. The number of thioether (sulfide) groups is 1. The summed E-state index contributed by atoms with van der Waals surface area (Å²) in [5, 5.41) is 8.53. The highest BCUT2D eigenvalue weighted by Crippen LogP contribution is 2.34. The van der Waals surface area contributed by atoms with Crippen molar-refractivity contribution >= 4 is 23.7 Å². The zero-order chi connectivity index (χ0) is 18.0. The molecule has 1 atom stereocenters. The number of hydrogen-bond acceptors (Lipinski definition) is 9. The van der Waals surface area contributed by atoms with E-state index in [1.165, 1.54) is 17.3 Å². The van der Waals surface area contributed by atoms with E-state index in [-0.39, 0.29) is 11.2 Å². The maximum atomic E-state index is 5.77. The lowest BCUT2D eigenvalue weighted by atomic mass is 10.1. The highest BCUT2D eigenvalue weighted by molar-refractivity contribution is 7.99. The molecule has 0 bridgehead atoms. The first-order chi connectivity index (χ1) is 11.9. The Morgan fingerprint density at radius 3 is 2.48 bits per heavy atom. The molecule has 0 saturated carbocycles. The van der Waals surface area contributed by atoms with Gasteiger partial charge in [-0.2, -0.15) is 15.0 Å². The predicted octanol–water partition coefficient (Wildman–Crippen LogP) is 2.73. The number of nitrogens with two attached hydrogens (primary N) is 1. The second-order valence-corrected chi connectivity index (χ2v) is 7.04. The molecular formula is C16H19N7OS. The number of nitrogens with zero attached hydrogens (tertiary/aromatic N) is 6. The molecule has 3 rings (SSSR count). The molecular weight excluding hydrogens is 338 g/mol. The standard InChI is InChI=1S/C16H19N7OS/c1-9-5-7-11(8-6-9)13-21-22-16(24-13)25-10(2)12-18-14(17)20-15(19-12)23(3)4/h5-8,10H,1-4H3,(H2,17,18,19,20). The second kappa shape index (κ2) is 7.06. The molecule has 2 heterocycles. The quantitative estimate of drug-likeness (QED) is 0.689. The van der Waals surface area contributed by atoms with Crippen molar-refractivity contribution < 1.29 is 4.42 Å². The van der Waals surface area contributed by atoms with E-state index in [9.17, 15) is 0 Å². The summed E-state index contributed by atoms with van der Waals surface area (Å²) in [5.41, 5.74) is 7.83. The Bertz CT molecular complexity index is 863. The molecule has 8 nitrogen and oxygen atoms in total. The summed E-state index contributed by atoms with van der Waals surface area (Å²) in [5.74, 6) is 1.75. The highest BCUT2D eigenvalue weighted by Gasteiger charge is 2.18. The van der Waals surface area contributed by atoms with Crippen LogP contribution in [-0.4, -0.2) is 39.2 Å². The van der Waals surface area contributed by atoms with E-state index in [0.29, 0.717) is 22.9 Å². The van der Waals surface area contributed by atoms with Crippen molar-refractivity contribution in [2.45, 2.75) is 24.3 Å². The van der Waals surface area contributed by atoms with Gasteiger partial charge in [-0.15, -0.1) is 10.2 Å². The van der Waals surface area contributed by atoms with Gasteiger partial charge in [0.25, 0.3) is 5.22 Å². The van der Waals surface area contributed by atoms with Gasteiger partial charge in [0.05, 0.1) is 5.25 Å². The number of benzene rings is 1. The molecule has 3 aromatic rings. The maximum absolute atomic E-state index is 5.77. The van der Waals surface area contributed by atoms with Gasteiger partial charge in [-0.1, -0.05) is 29.5 Å². The van der Waals surface area contributed by atoms with Crippen molar-refractivity contribution in [2.24, 2.45) is 0 Å². The number of nitrogen functional groups attached to an aromatic ring is 1. The number of hydrogen-bond donors (Lipinski definition) is 1. The van der Waals surface area contributed by atoms with Gasteiger partial charge < -0.3 is 15.1 Å². The normalized spacial score (nSPS) is 12.2. The molecule has 0 aliphatic heterocycles. The monoisotopic (exact) mass is 357 g/mol. The van der Waals surface area contributed by atoms with Gasteiger partial charge in [0, 0.05) is 19.7 Å². The van der Waals surface area contributed by atoms with Crippen LogP contribution in [0, 0.1) is 6.92 Å². The molecule has 2 N–H and O–H groups in total. The lowest BCUT2D eigenvalue weighted by molar-refractivity contribution is 0.465. The van der Waals surface area contributed by atoms with Crippen LogP contribution in [0.2, 0.25) is 0 Å². The van der Waals surface area contributed by atoms with Crippen molar-refractivity contribution in [3.05, 3.63) is 35.7 Å². The Kier molecular flexibility index (Phi) is 4.84. The summed E-state index contributed by atoms with van der Waals surface area (Å²) in [7, 11) is 3.70. The highest BCUT2D eigenvalue weighted by atomic mass is 32.2. The van der Waals surface area contributed by atoms with Crippen LogP contribution in [0.25, 0.3) is 11.5 Å². The van der Waals surface area contributed by atoms with Gasteiger partial charge in [-0.3, -0.25) is 0 Å². The lowest BCUT2D eigenvalue weighted by Crippen LogP contribution is -2.16. The first-order valence-electron chi connectivity index (χ1n) is 7.68. The number of aryl methyl sites for hydroxylation is 1. The summed E-state index contributed by atoms with van der Waals surface area (Å²) >= 11 is 1.38. The average molecular weight is 357 g/mol. The molecule has 0 amide bonds. The topological polar surface area (TPSA) is 107 Å². The number of anilines is 2. The van der Waals surface area contributed by atoms with Crippen LogP contribution >= 0.6 is 11.8 Å². The minimum atomic E-state index is -0.115. The SMILES string of the molecule is Cc1ccc(-c2nnc(SC(C)c3nc(N)nc(N(C)C)n3)o2)cc1. The summed E-state index contributed by atoms with van der Waals surface area (Å²) in [6, 6.07) is 7.92. The van der Waals surface area contributed by atoms with Crippen LogP contribution in [-0.2, 0) is 0 Å². The van der Waals surface area contributed by atoms with Crippen LogP contribution in [0.1, 0.15) is 23.6 Å². The molecule has 2 aromatic heterocycles.